The van der Waals surface area contributed by atoms with Crippen molar-refractivity contribution in [2.24, 2.45) is 5.92 Å². The maximum absolute atomic E-state index is 13.1. The standard InChI is InChI=1S/C79H154O17P2/c1-6-9-12-15-18-21-23-25-27-28-31-35-38-43-48-53-58-63-77(82)90-69-75(96-79(84)65-60-55-50-45-40-36-32-29-30-33-37-42-46-51-56-61-72(4)5)71-94-98(87,88)92-67-73(80)66-91-97(85,86)93-70-74(68-89-76(81)62-57-52-47-41-20-17-14-11-8-3)95-78(83)64-59-54-49-44-39-34-26-24-22-19-16-13-10-7-2/h72-75,80H,6-71H2,1-5H3,(H,85,86)(H,87,88)/t73-,74+,75+/m0/s1. The minimum Gasteiger partial charge on any atom is -0.462 e. The summed E-state index contributed by atoms with van der Waals surface area (Å²) in [7, 11) is -9.91. The van der Waals surface area contributed by atoms with Crippen LogP contribution in [0.25, 0.3) is 0 Å². The Morgan fingerprint density at radius 2 is 0.469 bits per heavy atom. The van der Waals surface area contributed by atoms with Crippen molar-refractivity contribution in [3.8, 4) is 0 Å². The van der Waals surface area contributed by atoms with Gasteiger partial charge in [0.2, 0.25) is 0 Å². The molecule has 0 aromatic heterocycles. The second-order valence-corrected chi connectivity index (χ2v) is 31.8. The molecule has 0 aliphatic carbocycles. The molecule has 0 amide bonds. The van der Waals surface area contributed by atoms with Gasteiger partial charge in [-0.25, -0.2) is 9.13 Å². The van der Waals surface area contributed by atoms with Gasteiger partial charge in [-0.05, 0) is 31.6 Å². The van der Waals surface area contributed by atoms with Gasteiger partial charge in [-0.15, -0.1) is 0 Å². The van der Waals surface area contributed by atoms with Crippen LogP contribution in [0.3, 0.4) is 0 Å². The van der Waals surface area contributed by atoms with E-state index in [1.54, 1.807) is 0 Å². The lowest BCUT2D eigenvalue weighted by atomic mass is 10.0. The van der Waals surface area contributed by atoms with Gasteiger partial charge in [-0.1, -0.05) is 369 Å². The van der Waals surface area contributed by atoms with Crippen LogP contribution in [0.15, 0.2) is 0 Å². The Kier molecular flexibility index (Phi) is 70.6. The third-order valence-corrected chi connectivity index (χ3v) is 20.4. The molecule has 19 heteroatoms. The first kappa shape index (κ1) is 96.1. The van der Waals surface area contributed by atoms with Crippen LogP contribution < -0.4 is 0 Å². The number of aliphatic hydroxyl groups is 1. The van der Waals surface area contributed by atoms with E-state index in [1.165, 1.54) is 244 Å². The fourth-order valence-electron chi connectivity index (χ4n) is 12.2. The van der Waals surface area contributed by atoms with Crippen molar-refractivity contribution in [1.29, 1.82) is 0 Å². The van der Waals surface area contributed by atoms with E-state index in [9.17, 15) is 43.2 Å². The molecular formula is C79H154O17P2. The summed E-state index contributed by atoms with van der Waals surface area (Å²) < 4.78 is 68.6. The van der Waals surface area contributed by atoms with Crippen molar-refractivity contribution < 1.29 is 80.2 Å². The molecule has 0 saturated heterocycles. The number of hydrogen-bond acceptors (Lipinski definition) is 15. The van der Waals surface area contributed by atoms with E-state index in [0.717, 1.165) is 95.8 Å². The molecule has 0 spiro atoms. The third-order valence-electron chi connectivity index (χ3n) is 18.5. The van der Waals surface area contributed by atoms with Gasteiger partial charge in [0.1, 0.15) is 19.3 Å². The highest BCUT2D eigenvalue weighted by Crippen LogP contribution is 2.45. The Bertz CT molecular complexity index is 1870. The first-order chi connectivity index (χ1) is 47.5. The third kappa shape index (κ3) is 72.4. The number of unbranched alkanes of at least 4 members (excludes halogenated alkanes) is 51. The van der Waals surface area contributed by atoms with Crippen LogP contribution in [0.2, 0.25) is 0 Å². The molecule has 5 atom stereocenters. The molecule has 582 valence electrons. The quantitative estimate of drug-likeness (QED) is 0.0222. The van der Waals surface area contributed by atoms with Crippen molar-refractivity contribution in [2.45, 2.75) is 438 Å². The summed E-state index contributed by atoms with van der Waals surface area (Å²) >= 11 is 0. The number of hydrogen-bond donors (Lipinski definition) is 3. The Hall–Kier alpha value is -1.94. The number of phosphoric ester groups is 2. The largest absolute Gasteiger partial charge is 0.472 e. The molecule has 0 fully saturated rings. The van der Waals surface area contributed by atoms with E-state index in [2.05, 4.69) is 34.6 Å². The van der Waals surface area contributed by atoms with E-state index >= 15 is 0 Å². The number of carbonyl (C=O) groups excluding carboxylic acids is 4. The predicted molar refractivity (Wildman–Crippen MR) is 400 cm³/mol. The molecule has 0 saturated carbocycles. The summed E-state index contributed by atoms with van der Waals surface area (Å²) in [5.74, 6) is -1.31. The van der Waals surface area contributed by atoms with E-state index < -0.39 is 97.5 Å². The molecule has 0 heterocycles. The van der Waals surface area contributed by atoms with Crippen LogP contribution in [-0.2, 0) is 65.4 Å². The molecule has 0 aliphatic heterocycles. The molecule has 0 aromatic rings. The van der Waals surface area contributed by atoms with E-state index in [0.29, 0.717) is 25.7 Å². The average molecular weight is 1440 g/mol. The van der Waals surface area contributed by atoms with Gasteiger partial charge in [-0.3, -0.25) is 37.3 Å². The first-order valence-corrected chi connectivity index (χ1v) is 44.1. The van der Waals surface area contributed by atoms with E-state index in [4.69, 9.17) is 37.0 Å². The van der Waals surface area contributed by atoms with E-state index in [1.807, 2.05) is 0 Å². The molecule has 3 N–H and O–H groups in total. The Balaban J connectivity index is 5.22. The van der Waals surface area contributed by atoms with Crippen LogP contribution in [-0.4, -0.2) is 96.7 Å². The van der Waals surface area contributed by atoms with Crippen LogP contribution in [0.1, 0.15) is 420 Å². The molecule has 0 rings (SSSR count). The number of ether oxygens (including phenoxy) is 4. The monoisotopic (exact) mass is 1440 g/mol. The van der Waals surface area contributed by atoms with Crippen LogP contribution in [0.4, 0.5) is 0 Å². The van der Waals surface area contributed by atoms with Gasteiger partial charge in [-0.2, -0.15) is 0 Å². The Morgan fingerprint density at radius 3 is 0.694 bits per heavy atom. The summed E-state index contributed by atoms with van der Waals surface area (Å²) in [5, 5.41) is 10.6. The van der Waals surface area contributed by atoms with Crippen molar-refractivity contribution in [3.63, 3.8) is 0 Å². The summed E-state index contributed by atoms with van der Waals surface area (Å²) in [6.45, 7) is 7.33. The Labute approximate surface area is 600 Å². The summed E-state index contributed by atoms with van der Waals surface area (Å²) in [4.78, 5) is 72.9. The molecule has 98 heavy (non-hydrogen) atoms. The fourth-order valence-corrected chi connectivity index (χ4v) is 13.8. The van der Waals surface area contributed by atoms with Crippen molar-refractivity contribution in [1.82, 2.24) is 0 Å². The minimum atomic E-state index is -4.96. The lowest BCUT2D eigenvalue weighted by molar-refractivity contribution is -0.161. The van der Waals surface area contributed by atoms with Gasteiger partial charge in [0.15, 0.2) is 12.2 Å². The second-order valence-electron chi connectivity index (χ2n) is 28.9. The van der Waals surface area contributed by atoms with E-state index in [-0.39, 0.29) is 25.7 Å². The zero-order valence-electron chi connectivity index (χ0n) is 63.9. The molecule has 0 radical (unpaired) electrons. The maximum Gasteiger partial charge on any atom is 0.472 e. The zero-order valence-corrected chi connectivity index (χ0v) is 65.7. The van der Waals surface area contributed by atoms with Crippen molar-refractivity contribution in [2.75, 3.05) is 39.6 Å². The van der Waals surface area contributed by atoms with Gasteiger partial charge < -0.3 is 33.8 Å². The Morgan fingerprint density at radius 1 is 0.276 bits per heavy atom. The number of rotatable bonds is 79. The molecule has 0 aromatic carbocycles. The summed E-state index contributed by atoms with van der Waals surface area (Å²) in [5.41, 5.74) is 0. The normalized spacial score (nSPS) is 13.9. The smallest absolute Gasteiger partial charge is 0.462 e. The molecule has 2 unspecified atom stereocenters. The first-order valence-electron chi connectivity index (χ1n) is 41.1. The molecule has 0 aliphatic rings. The van der Waals surface area contributed by atoms with Crippen LogP contribution in [0.5, 0.6) is 0 Å². The highest BCUT2D eigenvalue weighted by atomic mass is 31.2. The summed E-state index contributed by atoms with van der Waals surface area (Å²) in [6.07, 6.45) is 62.3. The molecular weight excluding hydrogens is 1280 g/mol. The fraction of sp³-hybridized carbons (Fsp3) is 0.949. The highest BCUT2D eigenvalue weighted by Gasteiger charge is 2.30. The van der Waals surface area contributed by atoms with Gasteiger partial charge in [0.25, 0.3) is 0 Å². The maximum atomic E-state index is 13.1. The lowest BCUT2D eigenvalue weighted by Crippen LogP contribution is -2.30. The van der Waals surface area contributed by atoms with Crippen molar-refractivity contribution >= 4 is 39.5 Å². The highest BCUT2D eigenvalue weighted by molar-refractivity contribution is 7.47. The topological polar surface area (TPSA) is 237 Å². The number of aliphatic hydroxyl groups excluding tert-OH is 1. The van der Waals surface area contributed by atoms with Crippen LogP contribution in [0, 0.1) is 5.92 Å². The second kappa shape index (κ2) is 72.0. The molecule has 17 nitrogen and oxygen atoms in total. The number of esters is 4. The zero-order chi connectivity index (χ0) is 71.9. The van der Waals surface area contributed by atoms with Gasteiger partial charge in [0, 0.05) is 25.7 Å². The van der Waals surface area contributed by atoms with Gasteiger partial charge in [0.05, 0.1) is 26.4 Å². The SMILES string of the molecule is CCCCCCCCCCCCCCCCCCCC(=O)OC[C@H](COP(=O)(O)OC[C@@H](O)COP(=O)(O)OC[C@@H](COC(=O)CCCCCCCCCCC)OC(=O)CCCCCCCCCCCCCCCC)OC(=O)CCCCCCCCCCCCCCCCCC(C)C. The average Bonchev–Trinajstić information content (AvgIpc) is 1.00. The lowest BCUT2D eigenvalue weighted by Gasteiger charge is -2.21. The number of carbonyl (C=O) groups is 4. The van der Waals surface area contributed by atoms with Crippen molar-refractivity contribution in [3.05, 3.63) is 0 Å². The van der Waals surface area contributed by atoms with Gasteiger partial charge >= 0.3 is 39.5 Å². The summed E-state index contributed by atoms with van der Waals surface area (Å²) in [6, 6.07) is 0. The minimum absolute atomic E-state index is 0.108. The number of phosphoric acid groups is 2. The predicted octanol–water partition coefficient (Wildman–Crippen LogP) is 23.6. The molecule has 0 bridgehead atoms. The van der Waals surface area contributed by atoms with Crippen LogP contribution >= 0.6 is 15.6 Å².